The predicted octanol–water partition coefficient (Wildman–Crippen LogP) is 4.22. The van der Waals surface area contributed by atoms with Crippen LogP contribution < -0.4 is 5.32 Å². The molecular formula is C17H18N2OS. The fourth-order valence-corrected chi connectivity index (χ4v) is 3.30. The van der Waals surface area contributed by atoms with E-state index >= 15 is 0 Å². The van der Waals surface area contributed by atoms with Crippen LogP contribution in [-0.4, -0.2) is 18.1 Å². The number of furan rings is 1. The van der Waals surface area contributed by atoms with Crippen LogP contribution in [0.3, 0.4) is 0 Å². The van der Waals surface area contributed by atoms with Gasteiger partial charge in [-0.2, -0.15) is 0 Å². The quantitative estimate of drug-likeness (QED) is 0.692. The van der Waals surface area contributed by atoms with Crippen molar-refractivity contribution in [1.82, 2.24) is 10.3 Å². The molecule has 0 bridgehead atoms. The first-order chi connectivity index (χ1) is 10.4. The van der Waals surface area contributed by atoms with Gasteiger partial charge in [-0.3, -0.25) is 0 Å². The Bertz CT molecular complexity index is 674. The minimum absolute atomic E-state index is 0.976. The number of hydrogen-bond acceptors (Lipinski definition) is 4. The van der Waals surface area contributed by atoms with Crippen LogP contribution in [0.4, 0.5) is 0 Å². The van der Waals surface area contributed by atoms with E-state index in [1.807, 2.05) is 12.1 Å². The maximum atomic E-state index is 5.18. The topological polar surface area (TPSA) is 38.1 Å². The Labute approximate surface area is 128 Å². The first-order valence-electron chi connectivity index (χ1n) is 7.17. The summed E-state index contributed by atoms with van der Waals surface area (Å²) in [4.78, 5) is 6.15. The zero-order chi connectivity index (χ0) is 14.5. The normalized spacial score (nSPS) is 10.9. The molecule has 2 heterocycles. The highest BCUT2D eigenvalue weighted by Gasteiger charge is 2.14. The molecular weight excluding hydrogens is 280 g/mol. The van der Waals surface area contributed by atoms with Crippen molar-refractivity contribution in [3.63, 3.8) is 0 Å². The minimum Gasteiger partial charge on any atom is -0.472 e. The molecule has 21 heavy (non-hydrogen) atoms. The molecule has 3 nitrogen and oxygen atoms in total. The molecule has 0 fully saturated rings. The maximum Gasteiger partial charge on any atom is 0.127 e. The molecule has 3 rings (SSSR count). The van der Waals surface area contributed by atoms with Gasteiger partial charge in [0, 0.05) is 22.5 Å². The van der Waals surface area contributed by atoms with Crippen molar-refractivity contribution in [1.29, 1.82) is 0 Å². The number of benzene rings is 1. The lowest BCUT2D eigenvalue weighted by atomic mass is 10.1. The van der Waals surface area contributed by atoms with Gasteiger partial charge in [0.1, 0.15) is 11.3 Å². The molecule has 2 aromatic heterocycles. The summed E-state index contributed by atoms with van der Waals surface area (Å²) >= 11 is 1.75. The highest BCUT2D eigenvalue weighted by molar-refractivity contribution is 7.15. The van der Waals surface area contributed by atoms with Crippen molar-refractivity contribution in [2.24, 2.45) is 0 Å². The second kappa shape index (κ2) is 6.70. The predicted molar refractivity (Wildman–Crippen MR) is 87.5 cm³/mol. The van der Waals surface area contributed by atoms with Gasteiger partial charge in [-0.25, -0.2) is 4.98 Å². The third-order valence-electron chi connectivity index (χ3n) is 3.29. The zero-order valence-corrected chi connectivity index (χ0v) is 12.8. The zero-order valence-electron chi connectivity index (χ0n) is 12.0. The first-order valence-corrected chi connectivity index (χ1v) is 7.98. The molecule has 0 aliphatic rings. The van der Waals surface area contributed by atoms with Crippen molar-refractivity contribution in [2.45, 2.75) is 13.3 Å². The van der Waals surface area contributed by atoms with E-state index in [0.29, 0.717) is 0 Å². The van der Waals surface area contributed by atoms with Crippen molar-refractivity contribution in [3.05, 3.63) is 53.8 Å². The van der Waals surface area contributed by atoms with E-state index in [-0.39, 0.29) is 0 Å². The van der Waals surface area contributed by atoms with Crippen LogP contribution in [0.2, 0.25) is 0 Å². The SMILES string of the molecule is CCNCCc1sc(-c2ccoc2)nc1-c1ccccc1. The van der Waals surface area contributed by atoms with Crippen LogP contribution in [0.1, 0.15) is 11.8 Å². The molecule has 0 saturated heterocycles. The monoisotopic (exact) mass is 298 g/mol. The van der Waals surface area contributed by atoms with Gasteiger partial charge in [-0.05, 0) is 19.0 Å². The Morgan fingerprint density at radius 1 is 1.14 bits per heavy atom. The molecule has 0 spiro atoms. The van der Waals surface area contributed by atoms with Crippen LogP contribution >= 0.6 is 11.3 Å². The van der Waals surface area contributed by atoms with Gasteiger partial charge in [0.15, 0.2) is 0 Å². The van der Waals surface area contributed by atoms with Gasteiger partial charge in [0.2, 0.25) is 0 Å². The molecule has 1 N–H and O–H groups in total. The van der Waals surface area contributed by atoms with Gasteiger partial charge in [0.05, 0.1) is 12.0 Å². The molecule has 108 valence electrons. The van der Waals surface area contributed by atoms with Gasteiger partial charge in [-0.1, -0.05) is 37.3 Å². The summed E-state index contributed by atoms with van der Waals surface area (Å²) in [6, 6.07) is 12.3. The Hall–Kier alpha value is -1.91. The van der Waals surface area contributed by atoms with Gasteiger partial charge >= 0.3 is 0 Å². The van der Waals surface area contributed by atoms with Crippen molar-refractivity contribution < 1.29 is 4.42 Å². The van der Waals surface area contributed by atoms with Crippen molar-refractivity contribution in [2.75, 3.05) is 13.1 Å². The average molecular weight is 298 g/mol. The smallest absolute Gasteiger partial charge is 0.127 e. The first kappa shape index (κ1) is 14.0. The standard InChI is InChI=1S/C17H18N2OS/c1-2-18-10-8-15-16(13-6-4-3-5-7-13)19-17(21-15)14-9-11-20-12-14/h3-7,9,11-12,18H,2,8,10H2,1H3. The summed E-state index contributed by atoms with van der Waals surface area (Å²) in [7, 11) is 0. The Kier molecular flexibility index (Phi) is 4.48. The molecule has 0 unspecified atom stereocenters. The fourth-order valence-electron chi connectivity index (χ4n) is 2.23. The highest BCUT2D eigenvalue weighted by Crippen LogP contribution is 2.34. The van der Waals surface area contributed by atoms with Crippen LogP contribution in [-0.2, 0) is 6.42 Å². The van der Waals surface area contributed by atoms with Crippen LogP contribution in [0.25, 0.3) is 21.8 Å². The van der Waals surface area contributed by atoms with Gasteiger partial charge in [-0.15, -0.1) is 11.3 Å². The van der Waals surface area contributed by atoms with E-state index in [9.17, 15) is 0 Å². The summed E-state index contributed by atoms with van der Waals surface area (Å²) in [6.07, 6.45) is 4.44. The summed E-state index contributed by atoms with van der Waals surface area (Å²) in [5.74, 6) is 0. The van der Waals surface area contributed by atoms with Gasteiger partial charge < -0.3 is 9.73 Å². The molecule has 1 aromatic carbocycles. The second-order valence-corrected chi connectivity index (χ2v) is 5.86. The maximum absolute atomic E-state index is 5.18. The molecule has 0 aliphatic carbocycles. The number of likely N-dealkylation sites (N-methyl/N-ethyl adjacent to an activating group) is 1. The molecule has 0 saturated carbocycles. The Morgan fingerprint density at radius 3 is 2.71 bits per heavy atom. The number of nitrogens with zero attached hydrogens (tertiary/aromatic N) is 1. The largest absolute Gasteiger partial charge is 0.472 e. The van der Waals surface area contributed by atoms with E-state index in [2.05, 4.69) is 36.5 Å². The third kappa shape index (κ3) is 3.23. The highest BCUT2D eigenvalue weighted by atomic mass is 32.1. The van der Waals surface area contributed by atoms with E-state index in [4.69, 9.17) is 9.40 Å². The van der Waals surface area contributed by atoms with Gasteiger partial charge in [0.25, 0.3) is 0 Å². The van der Waals surface area contributed by atoms with Crippen molar-refractivity contribution in [3.8, 4) is 21.8 Å². The summed E-state index contributed by atoms with van der Waals surface area (Å²) in [5, 5.41) is 4.40. The van der Waals surface area contributed by atoms with E-state index in [0.717, 1.165) is 35.8 Å². The third-order valence-corrected chi connectivity index (χ3v) is 4.46. The second-order valence-electron chi connectivity index (χ2n) is 4.77. The molecule has 0 aliphatic heterocycles. The van der Waals surface area contributed by atoms with Crippen LogP contribution in [0.15, 0.2) is 53.3 Å². The Morgan fingerprint density at radius 2 is 2.00 bits per heavy atom. The number of rotatable bonds is 6. The number of aromatic nitrogens is 1. The van der Waals surface area contributed by atoms with Crippen molar-refractivity contribution >= 4 is 11.3 Å². The summed E-state index contributed by atoms with van der Waals surface area (Å²) < 4.78 is 5.18. The lowest BCUT2D eigenvalue weighted by Crippen LogP contribution is -2.15. The lowest BCUT2D eigenvalue weighted by molar-refractivity contribution is 0.568. The van der Waals surface area contributed by atoms with Crippen LogP contribution in [0, 0.1) is 0 Å². The number of thiazole rings is 1. The molecule has 0 atom stereocenters. The fraction of sp³-hybridized carbons (Fsp3) is 0.235. The molecule has 0 amide bonds. The minimum atomic E-state index is 0.976. The summed E-state index contributed by atoms with van der Waals surface area (Å²) in [6.45, 7) is 4.10. The average Bonchev–Trinajstić information content (AvgIpc) is 3.18. The Balaban J connectivity index is 1.96. The van der Waals surface area contributed by atoms with E-state index in [1.54, 1.807) is 23.9 Å². The lowest BCUT2D eigenvalue weighted by Gasteiger charge is -2.03. The van der Waals surface area contributed by atoms with Crippen LogP contribution in [0.5, 0.6) is 0 Å². The van der Waals surface area contributed by atoms with E-state index in [1.165, 1.54) is 10.4 Å². The van der Waals surface area contributed by atoms with E-state index < -0.39 is 0 Å². The molecule has 0 radical (unpaired) electrons. The summed E-state index contributed by atoms with van der Waals surface area (Å²) in [5.41, 5.74) is 3.32. The number of hydrogen-bond donors (Lipinski definition) is 1. The molecule has 3 aromatic rings. The number of nitrogens with one attached hydrogen (secondary N) is 1. The molecule has 4 heteroatoms.